The molecule has 0 aliphatic carbocycles. The lowest BCUT2D eigenvalue weighted by atomic mass is 9.80. The second-order valence-corrected chi connectivity index (χ2v) is 7.21. The molecule has 0 saturated carbocycles. The number of aliphatic hydroxyl groups is 1. The van der Waals surface area contributed by atoms with Crippen LogP contribution >= 0.6 is 0 Å². The second-order valence-electron chi connectivity index (χ2n) is 7.21. The number of benzene rings is 1. The van der Waals surface area contributed by atoms with Crippen molar-refractivity contribution >= 4 is 5.91 Å². The summed E-state index contributed by atoms with van der Waals surface area (Å²) in [5, 5.41) is 9.36. The first-order valence-electron chi connectivity index (χ1n) is 10.3. The molecule has 0 aromatic heterocycles. The number of amides is 1. The Balaban J connectivity index is 1.92. The van der Waals surface area contributed by atoms with Crippen molar-refractivity contribution in [3.63, 3.8) is 0 Å². The molecule has 1 aromatic rings. The third-order valence-corrected chi connectivity index (χ3v) is 5.42. The number of ether oxygens (including phenoxy) is 4. The van der Waals surface area contributed by atoms with Crippen LogP contribution < -0.4 is 4.74 Å². The molecule has 3 rings (SSSR count). The molecular formula is C22H31NO6. The minimum absolute atomic E-state index is 0.00302. The number of hydrogen-bond acceptors (Lipinski definition) is 6. The van der Waals surface area contributed by atoms with E-state index >= 15 is 0 Å². The molecule has 0 bridgehead atoms. The Morgan fingerprint density at radius 2 is 1.97 bits per heavy atom. The number of allylic oxidation sites excluding steroid dienone is 1. The SMILES string of the molecule is CCO[C@@H]1OC(C(=O)N2CCOCC2)=C[C@H](c2ccc(OC)cc2)[C@@H]1CCCO. The third-order valence-electron chi connectivity index (χ3n) is 5.42. The predicted molar refractivity (Wildman–Crippen MR) is 108 cm³/mol. The third kappa shape index (κ3) is 5.29. The van der Waals surface area contributed by atoms with Gasteiger partial charge in [0.1, 0.15) is 5.75 Å². The molecule has 0 unspecified atom stereocenters. The van der Waals surface area contributed by atoms with Gasteiger partial charge in [-0.3, -0.25) is 4.79 Å². The molecule has 7 nitrogen and oxygen atoms in total. The lowest BCUT2D eigenvalue weighted by Gasteiger charge is -2.38. The van der Waals surface area contributed by atoms with E-state index in [1.165, 1.54) is 0 Å². The molecule has 29 heavy (non-hydrogen) atoms. The number of hydrogen-bond donors (Lipinski definition) is 1. The predicted octanol–water partition coefficient (Wildman–Crippen LogP) is 2.30. The van der Waals surface area contributed by atoms with Crippen molar-refractivity contribution in [2.45, 2.75) is 32.0 Å². The van der Waals surface area contributed by atoms with Crippen molar-refractivity contribution in [2.75, 3.05) is 46.6 Å². The summed E-state index contributed by atoms with van der Waals surface area (Å²) in [6.07, 6.45) is 2.75. The monoisotopic (exact) mass is 405 g/mol. The van der Waals surface area contributed by atoms with Crippen molar-refractivity contribution in [3.8, 4) is 5.75 Å². The van der Waals surface area contributed by atoms with Gasteiger partial charge in [-0.2, -0.15) is 0 Å². The van der Waals surface area contributed by atoms with Gasteiger partial charge in [0.15, 0.2) is 5.76 Å². The van der Waals surface area contributed by atoms with Gasteiger partial charge in [0.2, 0.25) is 6.29 Å². The van der Waals surface area contributed by atoms with Crippen LogP contribution in [0.25, 0.3) is 0 Å². The highest BCUT2D eigenvalue weighted by molar-refractivity contribution is 5.92. The zero-order valence-corrected chi connectivity index (χ0v) is 17.2. The molecule has 160 valence electrons. The number of aliphatic hydroxyl groups excluding tert-OH is 1. The van der Waals surface area contributed by atoms with E-state index in [1.807, 2.05) is 37.3 Å². The van der Waals surface area contributed by atoms with Gasteiger partial charge in [0.05, 0.1) is 20.3 Å². The number of nitrogens with zero attached hydrogens (tertiary/aromatic N) is 1. The molecule has 1 N–H and O–H groups in total. The molecule has 2 aliphatic heterocycles. The van der Waals surface area contributed by atoms with Crippen LogP contribution in [0.4, 0.5) is 0 Å². The molecule has 0 spiro atoms. The van der Waals surface area contributed by atoms with Gasteiger partial charge in [-0.05, 0) is 43.5 Å². The Bertz CT molecular complexity index is 683. The largest absolute Gasteiger partial charge is 0.497 e. The van der Waals surface area contributed by atoms with E-state index in [-0.39, 0.29) is 24.3 Å². The summed E-state index contributed by atoms with van der Waals surface area (Å²) >= 11 is 0. The van der Waals surface area contributed by atoms with Gasteiger partial charge in [0, 0.05) is 38.1 Å². The van der Waals surface area contributed by atoms with E-state index in [1.54, 1.807) is 12.0 Å². The minimum Gasteiger partial charge on any atom is -0.497 e. The summed E-state index contributed by atoms with van der Waals surface area (Å²) in [6.45, 7) is 4.68. The van der Waals surface area contributed by atoms with E-state index in [0.29, 0.717) is 45.1 Å². The van der Waals surface area contributed by atoms with Gasteiger partial charge < -0.3 is 29.0 Å². The number of morpholine rings is 1. The van der Waals surface area contributed by atoms with Crippen molar-refractivity contribution in [1.29, 1.82) is 0 Å². The molecule has 1 fully saturated rings. The van der Waals surface area contributed by atoms with Crippen molar-refractivity contribution < 1.29 is 28.8 Å². The minimum atomic E-state index is -0.538. The fraction of sp³-hybridized carbons (Fsp3) is 0.591. The number of rotatable bonds is 8. The van der Waals surface area contributed by atoms with Crippen LogP contribution in [0.1, 0.15) is 31.2 Å². The van der Waals surface area contributed by atoms with Crippen LogP contribution in [0, 0.1) is 5.92 Å². The van der Waals surface area contributed by atoms with E-state index in [4.69, 9.17) is 18.9 Å². The molecule has 3 atom stereocenters. The van der Waals surface area contributed by atoms with Gasteiger partial charge in [-0.25, -0.2) is 0 Å². The summed E-state index contributed by atoms with van der Waals surface area (Å²) in [7, 11) is 1.64. The van der Waals surface area contributed by atoms with E-state index < -0.39 is 6.29 Å². The van der Waals surface area contributed by atoms with Gasteiger partial charge in [0.25, 0.3) is 5.91 Å². The average molecular weight is 405 g/mol. The highest BCUT2D eigenvalue weighted by atomic mass is 16.7. The molecule has 2 aliphatic rings. The van der Waals surface area contributed by atoms with E-state index in [0.717, 1.165) is 17.7 Å². The summed E-state index contributed by atoms with van der Waals surface area (Å²) in [5.74, 6) is 0.917. The molecule has 2 heterocycles. The molecule has 1 aromatic carbocycles. The summed E-state index contributed by atoms with van der Waals surface area (Å²) in [5.41, 5.74) is 1.06. The van der Waals surface area contributed by atoms with Crippen LogP contribution in [-0.2, 0) is 19.0 Å². The maximum atomic E-state index is 13.1. The highest BCUT2D eigenvalue weighted by Gasteiger charge is 2.39. The number of methoxy groups -OCH3 is 1. The van der Waals surface area contributed by atoms with Crippen LogP contribution in [-0.4, -0.2) is 68.8 Å². The quantitative estimate of drug-likeness (QED) is 0.715. The normalized spacial score (nSPS) is 24.6. The summed E-state index contributed by atoms with van der Waals surface area (Å²) < 4.78 is 22.6. The summed E-state index contributed by atoms with van der Waals surface area (Å²) in [6, 6.07) is 7.86. The first-order chi connectivity index (χ1) is 14.2. The first kappa shape index (κ1) is 21.6. The maximum absolute atomic E-state index is 13.1. The van der Waals surface area contributed by atoms with E-state index in [2.05, 4.69) is 0 Å². The zero-order valence-electron chi connectivity index (χ0n) is 17.2. The fourth-order valence-electron chi connectivity index (χ4n) is 3.89. The van der Waals surface area contributed by atoms with Crippen molar-refractivity contribution in [1.82, 2.24) is 4.90 Å². The Morgan fingerprint density at radius 1 is 1.24 bits per heavy atom. The van der Waals surface area contributed by atoms with Crippen LogP contribution in [0.5, 0.6) is 5.75 Å². The van der Waals surface area contributed by atoms with Crippen molar-refractivity contribution in [2.24, 2.45) is 5.92 Å². The molecular weight excluding hydrogens is 374 g/mol. The molecule has 1 saturated heterocycles. The average Bonchev–Trinajstić information content (AvgIpc) is 2.78. The smallest absolute Gasteiger partial charge is 0.288 e. The van der Waals surface area contributed by atoms with Crippen LogP contribution in [0.2, 0.25) is 0 Å². The molecule has 7 heteroatoms. The van der Waals surface area contributed by atoms with Gasteiger partial charge in [-0.1, -0.05) is 12.1 Å². The molecule has 1 amide bonds. The van der Waals surface area contributed by atoms with Crippen molar-refractivity contribution in [3.05, 3.63) is 41.7 Å². The van der Waals surface area contributed by atoms with Gasteiger partial charge >= 0.3 is 0 Å². The number of carbonyl (C=O) groups is 1. The Labute approximate surface area is 172 Å². The summed E-state index contributed by atoms with van der Waals surface area (Å²) in [4.78, 5) is 14.8. The molecule has 0 radical (unpaired) electrons. The van der Waals surface area contributed by atoms with Crippen LogP contribution in [0.15, 0.2) is 36.1 Å². The Hall–Kier alpha value is -2.09. The number of carbonyl (C=O) groups excluding carboxylic acids is 1. The zero-order chi connectivity index (χ0) is 20.6. The van der Waals surface area contributed by atoms with Crippen LogP contribution in [0.3, 0.4) is 0 Å². The first-order valence-corrected chi connectivity index (χ1v) is 10.3. The van der Waals surface area contributed by atoms with E-state index in [9.17, 15) is 9.90 Å². The fourth-order valence-corrected chi connectivity index (χ4v) is 3.89. The Kier molecular flexibility index (Phi) is 7.91. The standard InChI is InChI=1S/C22H31NO6/c1-3-28-22-18(5-4-12-24)19(16-6-8-17(26-2)9-7-16)15-20(29-22)21(25)23-10-13-27-14-11-23/h6-9,15,18-19,22,24H,3-5,10-14H2,1-2H3/t18-,19+,22+/m0/s1. The van der Waals surface area contributed by atoms with Gasteiger partial charge in [-0.15, -0.1) is 0 Å². The highest BCUT2D eigenvalue weighted by Crippen LogP contribution is 2.40. The lowest BCUT2D eigenvalue weighted by Crippen LogP contribution is -2.44. The Morgan fingerprint density at radius 3 is 2.59 bits per heavy atom. The lowest BCUT2D eigenvalue weighted by molar-refractivity contribution is -0.171. The topological polar surface area (TPSA) is 77.5 Å². The maximum Gasteiger partial charge on any atom is 0.288 e. The second kappa shape index (κ2) is 10.6.